The van der Waals surface area contributed by atoms with E-state index in [1.165, 1.54) is 12.1 Å². The van der Waals surface area contributed by atoms with Crippen LogP contribution in [0, 0.1) is 18.8 Å². The maximum absolute atomic E-state index is 13.0. The summed E-state index contributed by atoms with van der Waals surface area (Å²) < 4.78 is 79.9. The number of benzene rings is 1. The first kappa shape index (κ1) is 25.6. The van der Waals surface area contributed by atoms with Crippen LogP contribution < -0.4 is 0 Å². The molecule has 2 aliphatic carbocycles. The molecule has 9 heteroatoms. The highest BCUT2D eigenvalue weighted by molar-refractivity contribution is 9.09. The molecule has 0 N–H and O–H groups in total. The monoisotopic (exact) mass is 516 g/mol. The summed E-state index contributed by atoms with van der Waals surface area (Å²) in [5, 5.41) is 0.878. The standard InChI is InChI=1S/C14H18F2O3S.C7H11BrF2/c1-11-2-4-13(5-3-11)20(17,18)19-10-12-6-8-14(15,16)9-7-12;8-5-6-1-3-7(9,10)4-2-6/h2-5,12H,6-10H2,1H3;6H,1-5H2. The van der Waals surface area contributed by atoms with Crippen LogP contribution in [0.3, 0.4) is 0 Å². The molecule has 172 valence electrons. The van der Waals surface area contributed by atoms with Gasteiger partial charge in [-0.25, -0.2) is 17.6 Å². The van der Waals surface area contributed by atoms with Gasteiger partial charge in [0.2, 0.25) is 11.8 Å². The van der Waals surface area contributed by atoms with Crippen molar-refractivity contribution in [1.29, 1.82) is 0 Å². The Morgan fingerprint density at radius 1 is 0.900 bits per heavy atom. The van der Waals surface area contributed by atoms with Crippen molar-refractivity contribution in [3.8, 4) is 0 Å². The van der Waals surface area contributed by atoms with Gasteiger partial charge in [0.1, 0.15) is 0 Å². The number of halogens is 5. The van der Waals surface area contributed by atoms with Crippen LogP contribution in [0.5, 0.6) is 0 Å². The average molecular weight is 517 g/mol. The van der Waals surface area contributed by atoms with Crippen molar-refractivity contribution in [1.82, 2.24) is 0 Å². The summed E-state index contributed by atoms with van der Waals surface area (Å²) in [7, 11) is -3.79. The Balaban J connectivity index is 0.000000269. The topological polar surface area (TPSA) is 43.4 Å². The highest BCUT2D eigenvalue weighted by Gasteiger charge is 2.35. The van der Waals surface area contributed by atoms with E-state index in [0.717, 1.165) is 10.9 Å². The van der Waals surface area contributed by atoms with Gasteiger partial charge >= 0.3 is 0 Å². The molecule has 2 aliphatic rings. The Labute approximate surface area is 184 Å². The first-order valence-corrected chi connectivity index (χ1v) is 12.7. The number of rotatable bonds is 5. The molecular weight excluding hydrogens is 488 g/mol. The van der Waals surface area contributed by atoms with Crippen molar-refractivity contribution in [3.05, 3.63) is 29.8 Å². The Kier molecular flexibility index (Phi) is 9.18. The highest BCUT2D eigenvalue weighted by atomic mass is 79.9. The Morgan fingerprint density at radius 3 is 1.77 bits per heavy atom. The zero-order valence-electron chi connectivity index (χ0n) is 17.1. The van der Waals surface area contributed by atoms with E-state index in [1.54, 1.807) is 12.1 Å². The molecule has 0 atom stereocenters. The van der Waals surface area contributed by atoms with E-state index in [9.17, 15) is 26.0 Å². The lowest BCUT2D eigenvalue weighted by Crippen LogP contribution is -2.27. The van der Waals surface area contributed by atoms with E-state index < -0.39 is 22.0 Å². The normalized spacial score (nSPS) is 22.2. The van der Waals surface area contributed by atoms with E-state index in [4.69, 9.17) is 4.18 Å². The molecule has 0 spiro atoms. The fraction of sp³-hybridized carbons (Fsp3) is 0.714. The third-order valence-corrected chi connectivity index (χ3v) is 7.87. The summed E-state index contributed by atoms with van der Waals surface area (Å²) in [5.41, 5.74) is 0.957. The van der Waals surface area contributed by atoms with Crippen LogP contribution in [0.25, 0.3) is 0 Å². The smallest absolute Gasteiger partial charge is 0.266 e. The Bertz CT molecular complexity index is 749. The number of hydrogen-bond donors (Lipinski definition) is 0. The first-order chi connectivity index (χ1) is 13.9. The summed E-state index contributed by atoms with van der Waals surface area (Å²) in [6.45, 7) is 1.84. The van der Waals surface area contributed by atoms with Gasteiger partial charge in [-0.05, 0) is 56.6 Å². The molecule has 0 radical (unpaired) electrons. The van der Waals surface area contributed by atoms with Crippen LogP contribution in [0.15, 0.2) is 29.2 Å². The Hall–Kier alpha value is -0.670. The van der Waals surface area contributed by atoms with E-state index >= 15 is 0 Å². The second kappa shape index (κ2) is 10.8. The second-order valence-electron chi connectivity index (χ2n) is 8.30. The quantitative estimate of drug-likeness (QED) is 0.247. The van der Waals surface area contributed by atoms with E-state index in [2.05, 4.69) is 15.9 Å². The summed E-state index contributed by atoms with van der Waals surface area (Å²) in [5.74, 6) is -4.60. The fourth-order valence-electron chi connectivity index (χ4n) is 3.48. The number of hydrogen-bond acceptors (Lipinski definition) is 3. The molecule has 2 fully saturated rings. The van der Waals surface area contributed by atoms with Gasteiger partial charge in [-0.15, -0.1) is 0 Å². The van der Waals surface area contributed by atoms with Gasteiger partial charge in [0.25, 0.3) is 10.1 Å². The third kappa shape index (κ3) is 8.46. The summed E-state index contributed by atoms with van der Waals surface area (Å²) >= 11 is 3.30. The lowest BCUT2D eigenvalue weighted by atomic mass is 9.87. The molecule has 0 aromatic heterocycles. The molecule has 1 aromatic carbocycles. The minimum atomic E-state index is -3.79. The summed E-state index contributed by atoms with van der Waals surface area (Å²) in [6.07, 6.45) is 1.76. The van der Waals surface area contributed by atoms with Crippen molar-refractivity contribution in [2.24, 2.45) is 11.8 Å². The van der Waals surface area contributed by atoms with Crippen LogP contribution in [0.2, 0.25) is 0 Å². The minimum Gasteiger partial charge on any atom is -0.266 e. The zero-order valence-corrected chi connectivity index (χ0v) is 19.5. The molecule has 2 saturated carbocycles. The van der Waals surface area contributed by atoms with E-state index in [0.29, 0.717) is 31.6 Å². The summed E-state index contributed by atoms with van der Waals surface area (Å²) in [4.78, 5) is 0.101. The molecule has 1 aromatic rings. The first-order valence-electron chi connectivity index (χ1n) is 10.2. The molecule has 30 heavy (non-hydrogen) atoms. The van der Waals surface area contributed by atoms with Gasteiger partial charge in [0.15, 0.2) is 0 Å². The van der Waals surface area contributed by atoms with Crippen molar-refractivity contribution in [2.75, 3.05) is 11.9 Å². The molecule has 0 unspecified atom stereocenters. The fourth-order valence-corrected chi connectivity index (χ4v) is 5.10. The lowest BCUT2D eigenvalue weighted by Gasteiger charge is -2.27. The largest absolute Gasteiger partial charge is 0.296 e. The molecule has 3 nitrogen and oxygen atoms in total. The van der Waals surface area contributed by atoms with Crippen molar-refractivity contribution in [3.63, 3.8) is 0 Å². The zero-order chi connectivity index (χ0) is 22.4. The van der Waals surface area contributed by atoms with Gasteiger partial charge in [-0.1, -0.05) is 33.6 Å². The van der Waals surface area contributed by atoms with Crippen LogP contribution in [-0.2, 0) is 14.3 Å². The molecule has 0 aliphatic heterocycles. The maximum Gasteiger partial charge on any atom is 0.296 e. The van der Waals surface area contributed by atoms with Gasteiger partial charge in [0, 0.05) is 31.0 Å². The predicted octanol–water partition coefficient (Wildman–Crippen LogP) is 6.73. The summed E-state index contributed by atoms with van der Waals surface area (Å²) in [6, 6.07) is 6.36. The van der Waals surface area contributed by atoms with Gasteiger partial charge < -0.3 is 0 Å². The van der Waals surface area contributed by atoms with Gasteiger partial charge in [0.05, 0.1) is 11.5 Å². The number of alkyl halides is 5. The van der Waals surface area contributed by atoms with Crippen LogP contribution in [0.4, 0.5) is 17.6 Å². The van der Waals surface area contributed by atoms with Crippen LogP contribution >= 0.6 is 15.9 Å². The van der Waals surface area contributed by atoms with Crippen LogP contribution in [-0.4, -0.2) is 32.2 Å². The maximum atomic E-state index is 13.0. The van der Waals surface area contributed by atoms with Gasteiger partial charge in [-0.2, -0.15) is 8.42 Å². The van der Waals surface area contributed by atoms with Crippen molar-refractivity contribution < 1.29 is 30.2 Å². The van der Waals surface area contributed by atoms with E-state index in [-0.39, 0.29) is 43.1 Å². The molecule has 0 bridgehead atoms. The minimum absolute atomic E-state index is 0.0215. The van der Waals surface area contributed by atoms with Crippen LogP contribution in [0.1, 0.15) is 56.9 Å². The molecular formula is C21H29BrF4O3S. The lowest BCUT2D eigenvalue weighted by molar-refractivity contribution is -0.0496. The Morgan fingerprint density at radius 2 is 1.33 bits per heavy atom. The molecule has 0 heterocycles. The van der Waals surface area contributed by atoms with Crippen molar-refractivity contribution >= 4 is 26.0 Å². The van der Waals surface area contributed by atoms with Crippen molar-refractivity contribution in [2.45, 2.75) is 75.0 Å². The molecule has 0 saturated heterocycles. The highest BCUT2D eigenvalue weighted by Crippen LogP contribution is 2.37. The molecule has 3 rings (SSSR count). The van der Waals surface area contributed by atoms with Gasteiger partial charge in [-0.3, -0.25) is 4.18 Å². The van der Waals surface area contributed by atoms with E-state index in [1.807, 2.05) is 6.92 Å². The second-order valence-corrected chi connectivity index (χ2v) is 10.6. The average Bonchev–Trinajstić information content (AvgIpc) is 2.68. The third-order valence-electron chi connectivity index (χ3n) is 5.66. The predicted molar refractivity (Wildman–Crippen MR) is 112 cm³/mol. The SMILES string of the molecule is Cc1ccc(S(=O)(=O)OCC2CCC(F)(F)CC2)cc1.FC1(F)CCC(CBr)CC1. The molecule has 0 amide bonds. The number of aryl methyl sites for hydroxylation is 1.